The van der Waals surface area contributed by atoms with Gasteiger partial charge in [-0.25, -0.2) is 0 Å². The predicted octanol–water partition coefficient (Wildman–Crippen LogP) is 0.552. The number of amides is 1. The topological polar surface area (TPSA) is 177 Å². The van der Waals surface area contributed by atoms with E-state index in [-0.39, 0.29) is 28.3 Å². The molecule has 0 heterocycles. The Morgan fingerprint density at radius 3 is 2.36 bits per heavy atom. The highest BCUT2D eigenvalue weighted by Crippen LogP contribution is 2.59. The average Bonchev–Trinajstić information content (AvgIpc) is 2.80. The van der Waals surface area contributed by atoms with E-state index in [1.807, 2.05) is 0 Å². The van der Waals surface area contributed by atoms with Crippen molar-refractivity contribution in [2.75, 3.05) is 28.3 Å². The number of fused-ring (bicyclic) bond motifs is 3. The predicted molar refractivity (Wildman–Crippen MR) is 127 cm³/mol. The van der Waals surface area contributed by atoms with Crippen LogP contribution in [0.25, 0.3) is 5.76 Å². The first kappa shape index (κ1) is 26.0. The fourth-order valence-electron chi connectivity index (χ4n) is 5.87. The number of nitrogens with zero attached hydrogens (tertiary/aromatic N) is 1. The van der Waals surface area contributed by atoms with Crippen LogP contribution in [-0.4, -0.2) is 87.8 Å². The summed E-state index contributed by atoms with van der Waals surface area (Å²) in [7, 11) is 5.53. The van der Waals surface area contributed by atoms with Crippen molar-refractivity contribution in [3.05, 3.63) is 39.1 Å². The van der Waals surface area contributed by atoms with E-state index >= 15 is 0 Å². The van der Waals surface area contributed by atoms with Crippen molar-refractivity contribution in [2.45, 2.75) is 30.6 Å². The van der Waals surface area contributed by atoms with E-state index in [1.54, 1.807) is 0 Å². The lowest BCUT2D eigenvalue weighted by atomic mass is 9.54. The summed E-state index contributed by atoms with van der Waals surface area (Å²) in [6.07, 6.45) is -0.276. The van der Waals surface area contributed by atoms with Gasteiger partial charge in [0.25, 0.3) is 5.91 Å². The lowest BCUT2D eigenvalue weighted by Crippen LogP contribution is -2.67. The summed E-state index contributed by atoms with van der Waals surface area (Å²) >= 11 is 6.46. The van der Waals surface area contributed by atoms with Crippen LogP contribution in [0, 0.1) is 11.8 Å². The zero-order valence-electron chi connectivity index (χ0n) is 20.2. The second-order valence-corrected chi connectivity index (χ2v) is 10.0. The number of rotatable bonds is 3. The van der Waals surface area contributed by atoms with Crippen LogP contribution in [0.3, 0.4) is 0 Å². The van der Waals surface area contributed by atoms with Gasteiger partial charge in [-0.2, -0.15) is 0 Å². The van der Waals surface area contributed by atoms with Gasteiger partial charge in [0.1, 0.15) is 28.6 Å². The molecule has 1 aromatic rings. The summed E-state index contributed by atoms with van der Waals surface area (Å²) in [4.78, 5) is 41.1. The lowest BCUT2D eigenvalue weighted by Gasteiger charge is -2.53. The van der Waals surface area contributed by atoms with Gasteiger partial charge in [-0.1, -0.05) is 11.6 Å². The van der Waals surface area contributed by atoms with Crippen molar-refractivity contribution in [1.82, 2.24) is 10.2 Å². The Labute approximate surface area is 211 Å². The number of ether oxygens (including phenoxy) is 1. The number of benzene rings is 1. The molecule has 1 fully saturated rings. The molecule has 6 N–H and O–H groups in total. The molecule has 0 spiro atoms. The molecule has 12 heteroatoms. The third-order valence-electron chi connectivity index (χ3n) is 7.58. The second-order valence-electron chi connectivity index (χ2n) is 9.64. The molecular formula is C24H27ClN2O9. The standard InChI is InChI=1S/C24H27ClN2O9/c1-23(34)8-6-9-17(27(3)4)19(30)14(22(33)26-2)21(32)24(9,35)20(31)12(8)18(29)13-10(28)7-11(36-5)16(25)15(13)23/h7-9,17,28-29,32,34-35H,6H2,1-5H3,(H,26,33). The number of likely N-dealkylation sites (N-methyl/N-ethyl adjacent to an activating group) is 2. The first-order valence-electron chi connectivity index (χ1n) is 11.1. The van der Waals surface area contributed by atoms with Crippen LogP contribution in [0.5, 0.6) is 11.5 Å². The number of phenolic OH excluding ortho intramolecular Hbond substituents is 1. The van der Waals surface area contributed by atoms with Gasteiger partial charge < -0.3 is 35.6 Å². The molecule has 5 atom stereocenters. The SMILES string of the molecule is CNC(=O)C1=C(O)C2(O)C(=O)C3=C(O)c4c(O)cc(OC)c(Cl)c4C(C)(O)C3CC2C(N(C)C)C1=O. The number of halogens is 1. The maximum absolute atomic E-state index is 13.9. The number of methoxy groups -OCH3 is 1. The molecule has 194 valence electrons. The van der Waals surface area contributed by atoms with Crippen LogP contribution < -0.4 is 10.1 Å². The molecule has 1 aromatic carbocycles. The van der Waals surface area contributed by atoms with Gasteiger partial charge in [-0.3, -0.25) is 19.3 Å². The van der Waals surface area contributed by atoms with Crippen molar-refractivity contribution >= 4 is 34.8 Å². The van der Waals surface area contributed by atoms with Gasteiger partial charge in [-0.15, -0.1) is 0 Å². The Kier molecular flexibility index (Phi) is 5.91. The smallest absolute Gasteiger partial charge is 0.258 e. The maximum atomic E-state index is 13.9. The van der Waals surface area contributed by atoms with Gasteiger partial charge in [0.05, 0.1) is 29.3 Å². The van der Waals surface area contributed by atoms with Crippen LogP contribution in [0.2, 0.25) is 5.02 Å². The Hall–Kier alpha value is -3.12. The van der Waals surface area contributed by atoms with Gasteiger partial charge in [0.2, 0.25) is 5.78 Å². The summed E-state index contributed by atoms with van der Waals surface area (Å²) in [5.41, 5.74) is -6.45. The highest BCUT2D eigenvalue weighted by Gasteiger charge is 2.66. The van der Waals surface area contributed by atoms with Crippen LogP contribution in [0.4, 0.5) is 0 Å². The van der Waals surface area contributed by atoms with E-state index in [0.29, 0.717) is 0 Å². The van der Waals surface area contributed by atoms with E-state index in [1.165, 1.54) is 40.1 Å². The largest absolute Gasteiger partial charge is 0.508 e. The van der Waals surface area contributed by atoms with Crippen molar-refractivity contribution in [2.24, 2.45) is 11.8 Å². The molecule has 5 unspecified atom stereocenters. The zero-order chi connectivity index (χ0) is 27.1. The molecule has 0 saturated heterocycles. The van der Waals surface area contributed by atoms with E-state index in [4.69, 9.17) is 16.3 Å². The fourth-order valence-corrected chi connectivity index (χ4v) is 6.29. The summed E-state index contributed by atoms with van der Waals surface area (Å²) < 4.78 is 5.16. The number of aliphatic hydroxyl groups is 4. The third-order valence-corrected chi connectivity index (χ3v) is 7.95. The molecule has 36 heavy (non-hydrogen) atoms. The van der Waals surface area contributed by atoms with Crippen LogP contribution in [-0.2, 0) is 20.0 Å². The zero-order valence-corrected chi connectivity index (χ0v) is 21.0. The molecule has 0 aromatic heterocycles. The van der Waals surface area contributed by atoms with Gasteiger partial charge in [0, 0.05) is 36.1 Å². The van der Waals surface area contributed by atoms with Gasteiger partial charge in [-0.05, 0) is 27.4 Å². The molecule has 0 aliphatic heterocycles. The molecule has 4 rings (SSSR count). The number of Topliss-reactive ketones (excluding diaryl/α,β-unsaturated/α-hetero) is 2. The monoisotopic (exact) mass is 522 g/mol. The lowest BCUT2D eigenvalue weighted by molar-refractivity contribution is -0.159. The minimum absolute atomic E-state index is 0.0119. The third kappa shape index (κ3) is 3.06. The van der Waals surface area contributed by atoms with Crippen molar-refractivity contribution in [1.29, 1.82) is 0 Å². The normalized spacial score (nSPS) is 31.8. The second kappa shape index (κ2) is 8.20. The van der Waals surface area contributed by atoms with E-state index in [2.05, 4.69) is 5.32 Å². The quantitative estimate of drug-likeness (QED) is 0.307. The van der Waals surface area contributed by atoms with Crippen LogP contribution in [0.1, 0.15) is 24.5 Å². The number of phenols is 1. The summed E-state index contributed by atoms with van der Waals surface area (Å²) in [6, 6.07) is -0.140. The number of carbonyl (C=O) groups excluding carboxylic acids is 3. The van der Waals surface area contributed by atoms with Crippen LogP contribution >= 0.6 is 11.6 Å². The van der Waals surface area contributed by atoms with E-state index in [9.17, 15) is 39.9 Å². The van der Waals surface area contributed by atoms with Crippen molar-refractivity contribution in [3.63, 3.8) is 0 Å². The van der Waals surface area contributed by atoms with Gasteiger partial charge in [0.15, 0.2) is 11.4 Å². The Bertz CT molecular complexity index is 1280. The molecule has 1 amide bonds. The molecule has 0 radical (unpaired) electrons. The number of aromatic hydroxyl groups is 1. The summed E-state index contributed by atoms with van der Waals surface area (Å²) in [5.74, 6) is -7.98. The molecule has 3 aliphatic rings. The molecular weight excluding hydrogens is 496 g/mol. The Morgan fingerprint density at radius 1 is 1.22 bits per heavy atom. The Balaban J connectivity index is 2.07. The van der Waals surface area contributed by atoms with Gasteiger partial charge >= 0.3 is 0 Å². The highest BCUT2D eigenvalue weighted by atomic mass is 35.5. The van der Waals surface area contributed by atoms with Crippen LogP contribution in [0.15, 0.2) is 23.0 Å². The minimum atomic E-state index is -2.77. The fraction of sp³-hybridized carbons (Fsp3) is 0.458. The first-order valence-corrected chi connectivity index (χ1v) is 11.4. The first-order chi connectivity index (χ1) is 16.7. The number of ketones is 2. The minimum Gasteiger partial charge on any atom is -0.508 e. The molecule has 0 bridgehead atoms. The van der Waals surface area contributed by atoms with E-state index in [0.717, 1.165) is 6.07 Å². The van der Waals surface area contributed by atoms with Crippen molar-refractivity contribution in [3.8, 4) is 11.5 Å². The van der Waals surface area contributed by atoms with Crippen molar-refractivity contribution < 1.29 is 44.7 Å². The molecule has 11 nitrogen and oxygen atoms in total. The summed E-state index contributed by atoms with van der Waals surface area (Å²) in [5, 5.41) is 58.4. The number of aliphatic hydroxyl groups excluding tert-OH is 2. The number of hydrogen-bond acceptors (Lipinski definition) is 10. The van der Waals surface area contributed by atoms with E-state index < -0.39 is 75.0 Å². The highest BCUT2D eigenvalue weighted by molar-refractivity contribution is 6.33. The maximum Gasteiger partial charge on any atom is 0.258 e. The Morgan fingerprint density at radius 2 is 1.83 bits per heavy atom. The number of nitrogens with one attached hydrogen (secondary N) is 1. The molecule has 3 aliphatic carbocycles. The summed E-state index contributed by atoms with van der Waals surface area (Å²) in [6.45, 7) is 1.33. The molecule has 1 saturated carbocycles. The number of hydrogen-bond donors (Lipinski definition) is 6. The number of carbonyl (C=O) groups is 3. The average molecular weight is 523 g/mol.